The molecule has 152 valence electrons. The van der Waals surface area contributed by atoms with Gasteiger partial charge in [-0.05, 0) is 57.4 Å². The molecule has 2 heterocycles. The van der Waals surface area contributed by atoms with Crippen LogP contribution >= 0.6 is 0 Å². The van der Waals surface area contributed by atoms with E-state index in [1.54, 1.807) is 17.0 Å². The zero-order chi connectivity index (χ0) is 20.5. The largest absolute Gasteiger partial charge is 0.444 e. The predicted molar refractivity (Wildman–Crippen MR) is 105 cm³/mol. The van der Waals surface area contributed by atoms with E-state index in [1.807, 2.05) is 33.8 Å². The summed E-state index contributed by atoms with van der Waals surface area (Å²) in [7, 11) is 0. The maximum Gasteiger partial charge on any atom is 0.414 e. The number of nitrogens with zero attached hydrogens (tertiary/aromatic N) is 2. The Morgan fingerprint density at radius 1 is 1.36 bits per heavy atom. The fourth-order valence-electron chi connectivity index (χ4n) is 3.28. The number of cyclic esters (lactones) is 1. The first-order valence-electron chi connectivity index (χ1n) is 9.63. The van der Waals surface area contributed by atoms with E-state index in [9.17, 15) is 14.0 Å². The van der Waals surface area contributed by atoms with E-state index >= 15 is 0 Å². The van der Waals surface area contributed by atoms with Crippen LogP contribution in [0.15, 0.2) is 24.3 Å². The summed E-state index contributed by atoms with van der Waals surface area (Å²) in [5.41, 5.74) is 1.29. The first kappa shape index (κ1) is 20.2. The van der Waals surface area contributed by atoms with Crippen molar-refractivity contribution in [1.29, 1.82) is 0 Å². The Morgan fingerprint density at radius 2 is 2.11 bits per heavy atom. The van der Waals surface area contributed by atoms with Gasteiger partial charge in [0.2, 0.25) is 0 Å². The van der Waals surface area contributed by atoms with Gasteiger partial charge in [0, 0.05) is 18.7 Å². The van der Waals surface area contributed by atoms with Crippen LogP contribution in [0.1, 0.15) is 46.1 Å². The van der Waals surface area contributed by atoms with E-state index in [4.69, 9.17) is 9.47 Å². The molecule has 0 saturated carbocycles. The molecule has 3 rings (SSSR count). The number of ether oxygens (including phenoxy) is 2. The third-order valence-electron chi connectivity index (χ3n) is 4.80. The number of benzene rings is 1. The highest BCUT2D eigenvalue weighted by Gasteiger charge is 2.32. The standard InChI is InChI=1S/C21H27FN2O4/c1-5-16-13-24(20(26)27-16)15-6-7-17(18(22)12-15)14-8-10-23(11-9-14)19(25)28-21(2,3)4/h6-8,12,16H,5,9-11,13H2,1-4H3/t16-/m0/s1. The van der Waals surface area contributed by atoms with Gasteiger partial charge in [-0.25, -0.2) is 14.0 Å². The molecule has 0 unspecified atom stereocenters. The molecular weight excluding hydrogens is 363 g/mol. The van der Waals surface area contributed by atoms with Crippen LogP contribution in [0.3, 0.4) is 0 Å². The van der Waals surface area contributed by atoms with Crippen LogP contribution < -0.4 is 4.90 Å². The second-order valence-electron chi connectivity index (χ2n) is 8.09. The molecule has 1 saturated heterocycles. The fourth-order valence-corrected chi connectivity index (χ4v) is 3.28. The van der Waals surface area contributed by atoms with Gasteiger partial charge in [0.05, 0.1) is 12.2 Å². The van der Waals surface area contributed by atoms with Crippen molar-refractivity contribution >= 4 is 23.4 Å². The molecule has 0 bridgehead atoms. The van der Waals surface area contributed by atoms with Gasteiger partial charge in [-0.1, -0.05) is 13.0 Å². The molecule has 0 N–H and O–H groups in total. The molecule has 0 spiro atoms. The van der Waals surface area contributed by atoms with Crippen LogP contribution in [0.4, 0.5) is 19.7 Å². The monoisotopic (exact) mass is 390 g/mol. The average molecular weight is 390 g/mol. The third-order valence-corrected chi connectivity index (χ3v) is 4.80. The Hall–Kier alpha value is -2.57. The van der Waals surface area contributed by atoms with Gasteiger partial charge in [-0.3, -0.25) is 4.90 Å². The van der Waals surface area contributed by atoms with E-state index < -0.39 is 11.7 Å². The third kappa shape index (κ3) is 4.46. The first-order chi connectivity index (χ1) is 13.2. The number of carbonyl (C=O) groups is 2. The molecule has 28 heavy (non-hydrogen) atoms. The van der Waals surface area contributed by atoms with Crippen molar-refractivity contribution in [2.45, 2.75) is 52.2 Å². The molecule has 1 aromatic carbocycles. The summed E-state index contributed by atoms with van der Waals surface area (Å²) in [5.74, 6) is -0.387. The molecule has 2 amide bonds. The van der Waals surface area contributed by atoms with Gasteiger partial charge in [-0.2, -0.15) is 0 Å². The number of hydrogen-bond acceptors (Lipinski definition) is 4. The fraction of sp³-hybridized carbons (Fsp3) is 0.524. The van der Waals surface area contributed by atoms with Gasteiger partial charge < -0.3 is 14.4 Å². The van der Waals surface area contributed by atoms with Crippen molar-refractivity contribution in [1.82, 2.24) is 4.90 Å². The molecule has 0 aromatic heterocycles. The highest BCUT2D eigenvalue weighted by molar-refractivity contribution is 5.90. The summed E-state index contributed by atoms with van der Waals surface area (Å²) in [6.45, 7) is 8.70. The van der Waals surface area contributed by atoms with E-state index in [2.05, 4.69) is 0 Å². The summed E-state index contributed by atoms with van der Waals surface area (Å²) in [4.78, 5) is 27.2. The van der Waals surface area contributed by atoms with E-state index in [1.165, 1.54) is 11.0 Å². The summed E-state index contributed by atoms with van der Waals surface area (Å²) in [5, 5.41) is 0. The lowest BCUT2D eigenvalue weighted by molar-refractivity contribution is 0.0270. The molecular formula is C21H27FN2O4. The van der Waals surface area contributed by atoms with Gasteiger partial charge in [0.1, 0.15) is 17.5 Å². The lowest BCUT2D eigenvalue weighted by atomic mass is 9.98. The normalized spacial score (nSPS) is 20.1. The Morgan fingerprint density at radius 3 is 2.64 bits per heavy atom. The van der Waals surface area contributed by atoms with E-state index in [0.29, 0.717) is 37.3 Å². The number of carbonyl (C=O) groups excluding carboxylic acids is 2. The number of halogens is 1. The van der Waals surface area contributed by atoms with Crippen molar-refractivity contribution in [2.24, 2.45) is 0 Å². The molecule has 1 aromatic rings. The highest BCUT2D eigenvalue weighted by atomic mass is 19.1. The van der Waals surface area contributed by atoms with Gasteiger partial charge in [0.15, 0.2) is 0 Å². The van der Waals surface area contributed by atoms with Gasteiger partial charge in [0.25, 0.3) is 0 Å². The zero-order valence-corrected chi connectivity index (χ0v) is 16.8. The molecule has 2 aliphatic rings. The van der Waals surface area contributed by atoms with Crippen molar-refractivity contribution in [3.8, 4) is 0 Å². The second-order valence-corrected chi connectivity index (χ2v) is 8.09. The molecule has 6 nitrogen and oxygen atoms in total. The zero-order valence-electron chi connectivity index (χ0n) is 16.8. The topological polar surface area (TPSA) is 59.1 Å². The molecule has 0 aliphatic carbocycles. The van der Waals surface area contributed by atoms with Crippen molar-refractivity contribution < 1.29 is 23.5 Å². The van der Waals surface area contributed by atoms with Crippen LogP contribution in [-0.4, -0.2) is 48.4 Å². The van der Waals surface area contributed by atoms with Crippen molar-refractivity contribution in [2.75, 3.05) is 24.5 Å². The lowest BCUT2D eigenvalue weighted by Gasteiger charge is -2.29. The quantitative estimate of drug-likeness (QED) is 0.758. The van der Waals surface area contributed by atoms with Crippen molar-refractivity contribution in [3.63, 3.8) is 0 Å². The second kappa shape index (κ2) is 7.81. The Balaban J connectivity index is 1.70. The van der Waals surface area contributed by atoms with Crippen LogP contribution in [0.25, 0.3) is 5.57 Å². The van der Waals surface area contributed by atoms with Gasteiger partial charge >= 0.3 is 12.2 Å². The molecule has 0 radical (unpaired) electrons. The predicted octanol–water partition coefficient (Wildman–Crippen LogP) is 4.59. The van der Waals surface area contributed by atoms with Crippen molar-refractivity contribution in [3.05, 3.63) is 35.7 Å². The first-order valence-corrected chi connectivity index (χ1v) is 9.63. The van der Waals surface area contributed by atoms with Crippen LogP contribution in [0, 0.1) is 5.82 Å². The lowest BCUT2D eigenvalue weighted by Crippen LogP contribution is -2.39. The summed E-state index contributed by atoms with van der Waals surface area (Å²) in [6.07, 6.45) is 2.15. The minimum atomic E-state index is -0.545. The molecule has 1 fully saturated rings. The summed E-state index contributed by atoms with van der Waals surface area (Å²) < 4.78 is 25.4. The SMILES string of the molecule is CC[C@H]1CN(c2ccc(C3=CCN(C(=O)OC(C)(C)C)CC3)c(F)c2)C(=O)O1. The summed E-state index contributed by atoms with van der Waals surface area (Å²) >= 11 is 0. The van der Waals surface area contributed by atoms with E-state index in [-0.39, 0.29) is 18.0 Å². The Labute approximate surface area is 164 Å². The number of anilines is 1. The smallest absolute Gasteiger partial charge is 0.414 e. The molecule has 2 aliphatic heterocycles. The molecule has 7 heteroatoms. The summed E-state index contributed by atoms with van der Waals surface area (Å²) in [6, 6.07) is 4.79. The van der Waals surface area contributed by atoms with Gasteiger partial charge in [-0.15, -0.1) is 0 Å². The Kier molecular flexibility index (Phi) is 5.63. The van der Waals surface area contributed by atoms with Crippen LogP contribution in [-0.2, 0) is 9.47 Å². The maximum atomic E-state index is 14.7. The maximum absolute atomic E-state index is 14.7. The minimum Gasteiger partial charge on any atom is -0.444 e. The van der Waals surface area contributed by atoms with Crippen LogP contribution in [0.5, 0.6) is 0 Å². The Bertz CT molecular complexity index is 800. The minimum absolute atomic E-state index is 0.157. The average Bonchev–Trinajstić information content (AvgIpc) is 3.01. The molecule has 1 atom stereocenters. The van der Waals surface area contributed by atoms with Crippen LogP contribution in [0.2, 0.25) is 0 Å². The number of rotatable bonds is 3. The highest BCUT2D eigenvalue weighted by Crippen LogP contribution is 2.30. The number of hydrogen-bond donors (Lipinski definition) is 0. The number of amides is 2. The van der Waals surface area contributed by atoms with E-state index in [0.717, 1.165) is 12.0 Å².